The van der Waals surface area contributed by atoms with Crippen molar-refractivity contribution in [2.45, 2.75) is 20.0 Å². The third kappa shape index (κ3) is 3.22. The monoisotopic (exact) mass is 305 g/mol. The minimum absolute atomic E-state index is 0.370. The van der Waals surface area contributed by atoms with Gasteiger partial charge in [0.15, 0.2) is 6.10 Å². The van der Waals surface area contributed by atoms with E-state index in [-0.39, 0.29) is 0 Å². The first-order chi connectivity index (χ1) is 11.2. The first kappa shape index (κ1) is 14.8. The Labute approximate surface area is 134 Å². The minimum Gasteiger partial charge on any atom is -0.480 e. The van der Waals surface area contributed by atoms with E-state index in [1.54, 1.807) is 18.2 Å². The number of aromatic nitrogens is 2. The minimum atomic E-state index is -0.449. The molecule has 0 saturated heterocycles. The lowest BCUT2D eigenvalue weighted by Gasteiger charge is -2.11. The Balaban J connectivity index is 1.81. The normalized spacial score (nSPS) is 11.7. The number of benzene rings is 2. The van der Waals surface area contributed by atoms with Gasteiger partial charge in [-0.2, -0.15) is 5.26 Å². The Morgan fingerprint density at radius 2 is 1.96 bits per heavy atom. The maximum Gasteiger partial charge on any atom is 0.257 e. The largest absolute Gasteiger partial charge is 0.480 e. The molecule has 0 fully saturated rings. The van der Waals surface area contributed by atoms with Gasteiger partial charge in [-0.05, 0) is 38.1 Å². The highest BCUT2D eigenvalue weighted by atomic mass is 16.5. The fourth-order valence-corrected chi connectivity index (χ4v) is 2.20. The quantitative estimate of drug-likeness (QED) is 0.727. The zero-order valence-corrected chi connectivity index (χ0v) is 12.9. The molecule has 0 aliphatic heterocycles. The summed E-state index contributed by atoms with van der Waals surface area (Å²) in [5, 5.41) is 17.2. The van der Waals surface area contributed by atoms with Crippen LogP contribution in [0.25, 0.3) is 11.5 Å². The Bertz CT molecular complexity index is 864. The van der Waals surface area contributed by atoms with E-state index in [0.717, 1.165) is 11.1 Å². The average Bonchev–Trinajstić information content (AvgIpc) is 3.05. The van der Waals surface area contributed by atoms with E-state index in [1.165, 1.54) is 0 Å². The summed E-state index contributed by atoms with van der Waals surface area (Å²) in [5.41, 5.74) is 2.46. The van der Waals surface area contributed by atoms with Crippen LogP contribution >= 0.6 is 0 Å². The number of aryl methyl sites for hydroxylation is 1. The molecule has 1 heterocycles. The Morgan fingerprint density at radius 3 is 2.74 bits per heavy atom. The molecule has 0 saturated carbocycles. The highest BCUT2D eigenvalue weighted by molar-refractivity contribution is 5.53. The lowest BCUT2D eigenvalue weighted by molar-refractivity contribution is 0.189. The second-order valence-electron chi connectivity index (χ2n) is 5.18. The molecule has 1 atom stereocenters. The van der Waals surface area contributed by atoms with Crippen molar-refractivity contribution in [3.05, 3.63) is 65.5 Å². The molecule has 1 aromatic heterocycles. The predicted molar refractivity (Wildman–Crippen MR) is 84.7 cm³/mol. The van der Waals surface area contributed by atoms with Gasteiger partial charge in [-0.1, -0.05) is 29.8 Å². The highest BCUT2D eigenvalue weighted by Crippen LogP contribution is 2.26. The van der Waals surface area contributed by atoms with Gasteiger partial charge in [-0.3, -0.25) is 0 Å². The number of hydrogen-bond donors (Lipinski definition) is 0. The summed E-state index contributed by atoms with van der Waals surface area (Å²) < 4.78 is 11.5. The number of para-hydroxylation sites is 1. The molecule has 0 radical (unpaired) electrons. The Morgan fingerprint density at radius 1 is 1.13 bits per heavy atom. The van der Waals surface area contributed by atoms with Crippen LogP contribution in [-0.2, 0) is 0 Å². The maximum atomic E-state index is 9.10. The fourth-order valence-electron chi connectivity index (χ4n) is 2.20. The predicted octanol–water partition coefficient (Wildman–Crippen LogP) is 4.06. The van der Waals surface area contributed by atoms with Crippen molar-refractivity contribution in [2.24, 2.45) is 0 Å². The number of nitrogens with zero attached hydrogens (tertiary/aromatic N) is 3. The van der Waals surface area contributed by atoms with Gasteiger partial charge in [0.25, 0.3) is 5.89 Å². The van der Waals surface area contributed by atoms with Gasteiger partial charge in [0.2, 0.25) is 5.89 Å². The first-order valence-corrected chi connectivity index (χ1v) is 7.23. The maximum absolute atomic E-state index is 9.10. The highest BCUT2D eigenvalue weighted by Gasteiger charge is 2.17. The first-order valence-electron chi connectivity index (χ1n) is 7.23. The number of ether oxygens (including phenoxy) is 1. The van der Waals surface area contributed by atoms with Crippen LogP contribution in [0.2, 0.25) is 0 Å². The van der Waals surface area contributed by atoms with Gasteiger partial charge in [0.05, 0.1) is 5.56 Å². The van der Waals surface area contributed by atoms with E-state index in [0.29, 0.717) is 23.1 Å². The molecule has 0 unspecified atom stereocenters. The third-order valence-electron chi connectivity index (χ3n) is 3.36. The summed E-state index contributed by atoms with van der Waals surface area (Å²) in [4.78, 5) is 0. The van der Waals surface area contributed by atoms with Gasteiger partial charge in [0, 0.05) is 5.56 Å². The number of rotatable bonds is 4. The molecule has 3 rings (SSSR count). The van der Waals surface area contributed by atoms with E-state index in [9.17, 15) is 0 Å². The molecule has 0 bridgehead atoms. The van der Waals surface area contributed by atoms with Gasteiger partial charge < -0.3 is 9.15 Å². The Hall–Kier alpha value is -3.13. The third-order valence-corrected chi connectivity index (χ3v) is 3.36. The molecule has 0 aliphatic rings. The van der Waals surface area contributed by atoms with E-state index < -0.39 is 6.10 Å². The van der Waals surface area contributed by atoms with Gasteiger partial charge in [-0.15, -0.1) is 10.2 Å². The summed E-state index contributed by atoms with van der Waals surface area (Å²) in [6.07, 6.45) is -0.449. The van der Waals surface area contributed by atoms with Crippen molar-refractivity contribution in [2.75, 3.05) is 0 Å². The van der Waals surface area contributed by atoms with E-state index in [1.807, 2.05) is 44.2 Å². The summed E-state index contributed by atoms with van der Waals surface area (Å²) in [6.45, 7) is 3.81. The van der Waals surface area contributed by atoms with E-state index in [4.69, 9.17) is 14.4 Å². The molecule has 3 aromatic rings. The summed E-state index contributed by atoms with van der Waals surface area (Å²) in [7, 11) is 0. The van der Waals surface area contributed by atoms with E-state index >= 15 is 0 Å². The van der Waals surface area contributed by atoms with Crippen LogP contribution in [0.4, 0.5) is 0 Å². The second kappa shape index (κ2) is 6.32. The molecule has 0 N–H and O–H groups in total. The number of hydrogen-bond acceptors (Lipinski definition) is 5. The molecule has 0 aliphatic carbocycles. The fraction of sp³-hybridized carbons (Fsp3) is 0.167. The van der Waals surface area contributed by atoms with Crippen molar-refractivity contribution in [1.82, 2.24) is 10.2 Å². The van der Waals surface area contributed by atoms with Crippen LogP contribution in [0.3, 0.4) is 0 Å². The second-order valence-corrected chi connectivity index (χ2v) is 5.18. The van der Waals surface area contributed by atoms with Crippen LogP contribution in [0.5, 0.6) is 5.75 Å². The smallest absolute Gasteiger partial charge is 0.257 e. The van der Waals surface area contributed by atoms with Crippen LogP contribution < -0.4 is 4.74 Å². The van der Waals surface area contributed by atoms with Crippen LogP contribution in [-0.4, -0.2) is 10.2 Å². The molecule has 23 heavy (non-hydrogen) atoms. The molecule has 0 amide bonds. The van der Waals surface area contributed by atoms with Crippen LogP contribution in [0.15, 0.2) is 52.9 Å². The summed E-state index contributed by atoms with van der Waals surface area (Å²) in [6, 6.07) is 17.0. The average molecular weight is 305 g/mol. The van der Waals surface area contributed by atoms with Crippen LogP contribution in [0.1, 0.15) is 30.0 Å². The zero-order chi connectivity index (χ0) is 16.2. The topological polar surface area (TPSA) is 71.9 Å². The molecular formula is C18H15N3O2. The van der Waals surface area contributed by atoms with Crippen molar-refractivity contribution < 1.29 is 9.15 Å². The van der Waals surface area contributed by atoms with Crippen molar-refractivity contribution in [3.8, 4) is 23.3 Å². The van der Waals surface area contributed by atoms with Gasteiger partial charge >= 0.3 is 0 Å². The summed E-state index contributed by atoms with van der Waals surface area (Å²) >= 11 is 0. The van der Waals surface area contributed by atoms with Crippen molar-refractivity contribution in [3.63, 3.8) is 0 Å². The van der Waals surface area contributed by atoms with E-state index in [2.05, 4.69) is 16.3 Å². The van der Waals surface area contributed by atoms with Crippen molar-refractivity contribution >= 4 is 0 Å². The molecule has 5 heteroatoms. The molecule has 5 nitrogen and oxygen atoms in total. The molecule has 114 valence electrons. The summed E-state index contributed by atoms with van der Waals surface area (Å²) in [5.74, 6) is 1.32. The molecule has 2 aromatic carbocycles. The SMILES string of the molecule is Cc1cccc(-c2nnc([C@@H](C)Oc3ccccc3C#N)o2)c1. The van der Waals surface area contributed by atoms with Crippen molar-refractivity contribution in [1.29, 1.82) is 5.26 Å². The van der Waals surface area contributed by atoms with Gasteiger partial charge in [0.1, 0.15) is 11.8 Å². The molecule has 0 spiro atoms. The lowest BCUT2D eigenvalue weighted by Crippen LogP contribution is -2.04. The van der Waals surface area contributed by atoms with Gasteiger partial charge in [-0.25, -0.2) is 0 Å². The standard InChI is InChI=1S/C18H15N3O2/c1-12-6-5-8-14(10-12)18-21-20-17(23-18)13(2)22-16-9-4-3-7-15(16)11-19/h3-10,13H,1-2H3/t13-/m1/s1. The number of nitriles is 1. The molecular weight excluding hydrogens is 290 g/mol. The lowest BCUT2D eigenvalue weighted by atomic mass is 10.1. The zero-order valence-electron chi connectivity index (χ0n) is 12.9. The Kier molecular flexibility index (Phi) is 4.07. The van der Waals surface area contributed by atoms with Crippen LogP contribution in [0, 0.1) is 18.3 Å².